The maximum absolute atomic E-state index is 9.44. The molecule has 2 rings (SSSR count). The molecule has 1 heterocycles. The molecule has 100 valence electrons. The number of anilines is 1. The second-order valence-corrected chi connectivity index (χ2v) is 3.93. The van der Waals surface area contributed by atoms with E-state index in [0.29, 0.717) is 23.7 Å². The third-order valence-corrected chi connectivity index (χ3v) is 2.66. The van der Waals surface area contributed by atoms with E-state index in [9.17, 15) is 5.11 Å². The van der Waals surface area contributed by atoms with Crippen molar-refractivity contribution in [2.24, 2.45) is 0 Å². The zero-order valence-electron chi connectivity index (χ0n) is 10.8. The van der Waals surface area contributed by atoms with Gasteiger partial charge in [-0.1, -0.05) is 6.07 Å². The average molecular weight is 261 g/mol. The van der Waals surface area contributed by atoms with E-state index in [1.807, 2.05) is 18.2 Å². The van der Waals surface area contributed by atoms with Crippen LogP contribution in [-0.4, -0.2) is 29.3 Å². The van der Waals surface area contributed by atoms with E-state index >= 15 is 0 Å². The third-order valence-electron chi connectivity index (χ3n) is 2.66. The van der Waals surface area contributed by atoms with Crippen molar-refractivity contribution in [3.63, 3.8) is 0 Å². The monoisotopic (exact) mass is 261 g/mol. The Balaban J connectivity index is 2.25. The molecule has 0 unspecified atom stereocenters. The maximum atomic E-state index is 9.44. The minimum Gasteiger partial charge on any atom is -0.493 e. The molecule has 0 fully saturated rings. The summed E-state index contributed by atoms with van der Waals surface area (Å²) in [5, 5.41) is 9.44. The predicted octanol–water partition coefficient (Wildman–Crippen LogP) is 1.37. The number of hydrogen-bond donors (Lipinski definition) is 2. The number of rotatable bonds is 4. The minimum atomic E-state index is -0.203. The van der Waals surface area contributed by atoms with E-state index in [-0.39, 0.29) is 11.6 Å². The molecule has 1 aromatic carbocycles. The second kappa shape index (κ2) is 5.43. The predicted molar refractivity (Wildman–Crippen MR) is 70.5 cm³/mol. The third kappa shape index (κ3) is 2.85. The fourth-order valence-corrected chi connectivity index (χ4v) is 1.68. The molecular formula is C13H15N3O3. The molecule has 6 heteroatoms. The van der Waals surface area contributed by atoms with Gasteiger partial charge in [0, 0.05) is 6.42 Å². The molecule has 3 N–H and O–H groups in total. The Bertz CT molecular complexity index is 587. The Morgan fingerprint density at radius 2 is 1.95 bits per heavy atom. The van der Waals surface area contributed by atoms with Gasteiger partial charge in [-0.3, -0.25) is 0 Å². The summed E-state index contributed by atoms with van der Waals surface area (Å²) in [5.74, 6) is 1.58. The number of methoxy groups -OCH3 is 2. The largest absolute Gasteiger partial charge is 0.493 e. The molecule has 0 radical (unpaired) electrons. The number of nitrogens with two attached hydrogens (primary N) is 1. The van der Waals surface area contributed by atoms with E-state index in [1.165, 1.54) is 6.20 Å². The Morgan fingerprint density at radius 1 is 1.21 bits per heavy atom. The highest BCUT2D eigenvalue weighted by Gasteiger charge is 2.08. The van der Waals surface area contributed by atoms with Gasteiger partial charge in [-0.25, -0.2) is 4.98 Å². The first-order valence-corrected chi connectivity index (χ1v) is 5.65. The van der Waals surface area contributed by atoms with E-state index in [4.69, 9.17) is 15.2 Å². The van der Waals surface area contributed by atoms with Crippen LogP contribution in [0.3, 0.4) is 0 Å². The van der Waals surface area contributed by atoms with Crippen molar-refractivity contribution in [3.8, 4) is 17.4 Å². The summed E-state index contributed by atoms with van der Waals surface area (Å²) in [4.78, 5) is 7.98. The zero-order valence-corrected chi connectivity index (χ0v) is 10.8. The van der Waals surface area contributed by atoms with Crippen LogP contribution in [0.1, 0.15) is 11.4 Å². The Hall–Kier alpha value is -2.50. The zero-order chi connectivity index (χ0) is 13.8. The van der Waals surface area contributed by atoms with Crippen LogP contribution in [0, 0.1) is 0 Å². The van der Waals surface area contributed by atoms with Gasteiger partial charge < -0.3 is 20.3 Å². The summed E-state index contributed by atoms with van der Waals surface area (Å²) in [6.07, 6.45) is 1.85. The number of nitrogens with zero attached hydrogens (tertiary/aromatic N) is 2. The smallest absolute Gasteiger partial charge is 0.238 e. The molecule has 0 atom stereocenters. The van der Waals surface area contributed by atoms with Crippen molar-refractivity contribution in [2.45, 2.75) is 6.42 Å². The lowest BCUT2D eigenvalue weighted by atomic mass is 10.1. The molecule has 6 nitrogen and oxygen atoms in total. The van der Waals surface area contributed by atoms with E-state index in [0.717, 1.165) is 5.56 Å². The van der Waals surface area contributed by atoms with Gasteiger partial charge in [-0.05, 0) is 17.7 Å². The van der Waals surface area contributed by atoms with Gasteiger partial charge in [-0.2, -0.15) is 4.98 Å². The summed E-state index contributed by atoms with van der Waals surface area (Å²) in [6, 6.07) is 5.54. The van der Waals surface area contributed by atoms with Crippen LogP contribution in [0.2, 0.25) is 0 Å². The van der Waals surface area contributed by atoms with Gasteiger partial charge in [0.05, 0.1) is 20.4 Å². The van der Waals surface area contributed by atoms with Gasteiger partial charge >= 0.3 is 0 Å². The van der Waals surface area contributed by atoms with E-state index in [1.54, 1.807) is 14.2 Å². The second-order valence-electron chi connectivity index (χ2n) is 3.93. The normalized spacial score (nSPS) is 10.2. The van der Waals surface area contributed by atoms with Crippen LogP contribution in [-0.2, 0) is 6.42 Å². The van der Waals surface area contributed by atoms with Crippen LogP contribution in [0.4, 0.5) is 5.69 Å². The topological polar surface area (TPSA) is 90.5 Å². The van der Waals surface area contributed by atoms with Gasteiger partial charge in [0.2, 0.25) is 5.88 Å². The fourth-order valence-electron chi connectivity index (χ4n) is 1.68. The Kier molecular flexibility index (Phi) is 3.70. The van der Waals surface area contributed by atoms with Crippen LogP contribution in [0.25, 0.3) is 0 Å². The fraction of sp³-hybridized carbons (Fsp3) is 0.231. The SMILES string of the molecule is COc1ccc(Cc2ncc(N)c(O)n2)cc1OC. The maximum Gasteiger partial charge on any atom is 0.238 e. The van der Waals surface area contributed by atoms with Gasteiger partial charge in [-0.15, -0.1) is 0 Å². The quantitative estimate of drug-likeness (QED) is 0.863. The molecule has 0 spiro atoms. The lowest BCUT2D eigenvalue weighted by molar-refractivity contribution is 0.354. The van der Waals surface area contributed by atoms with Crippen molar-refractivity contribution >= 4 is 5.69 Å². The van der Waals surface area contributed by atoms with Crippen LogP contribution < -0.4 is 15.2 Å². The number of benzene rings is 1. The molecule has 0 aliphatic carbocycles. The molecule has 1 aromatic heterocycles. The Morgan fingerprint density at radius 3 is 2.58 bits per heavy atom. The molecule has 0 saturated heterocycles. The van der Waals surface area contributed by atoms with Gasteiger partial charge in [0.15, 0.2) is 11.5 Å². The first-order chi connectivity index (χ1) is 9.13. The van der Waals surface area contributed by atoms with Crippen molar-refractivity contribution in [1.29, 1.82) is 0 Å². The molecule has 19 heavy (non-hydrogen) atoms. The molecule has 0 saturated carbocycles. The number of aromatic hydroxyl groups is 1. The van der Waals surface area contributed by atoms with Crippen LogP contribution in [0.5, 0.6) is 17.4 Å². The van der Waals surface area contributed by atoms with Crippen LogP contribution >= 0.6 is 0 Å². The van der Waals surface area contributed by atoms with E-state index in [2.05, 4.69) is 9.97 Å². The van der Waals surface area contributed by atoms with E-state index < -0.39 is 0 Å². The molecule has 0 bridgehead atoms. The first kappa shape index (κ1) is 12.9. The highest BCUT2D eigenvalue weighted by atomic mass is 16.5. The molecule has 0 aliphatic heterocycles. The van der Waals surface area contributed by atoms with Crippen molar-refractivity contribution in [2.75, 3.05) is 20.0 Å². The molecule has 2 aromatic rings. The lowest BCUT2D eigenvalue weighted by Crippen LogP contribution is -2.00. The number of ether oxygens (including phenoxy) is 2. The van der Waals surface area contributed by atoms with Gasteiger partial charge in [0.1, 0.15) is 11.5 Å². The van der Waals surface area contributed by atoms with Crippen molar-refractivity contribution < 1.29 is 14.6 Å². The van der Waals surface area contributed by atoms with Crippen LogP contribution in [0.15, 0.2) is 24.4 Å². The number of aromatic nitrogens is 2. The average Bonchev–Trinajstić information content (AvgIpc) is 2.43. The lowest BCUT2D eigenvalue weighted by Gasteiger charge is -2.09. The first-order valence-electron chi connectivity index (χ1n) is 5.65. The Labute approximate surface area is 110 Å². The summed E-state index contributed by atoms with van der Waals surface area (Å²) >= 11 is 0. The highest BCUT2D eigenvalue weighted by Crippen LogP contribution is 2.28. The highest BCUT2D eigenvalue weighted by molar-refractivity contribution is 5.46. The van der Waals surface area contributed by atoms with Crippen molar-refractivity contribution in [3.05, 3.63) is 35.8 Å². The molecule has 0 aliphatic rings. The minimum absolute atomic E-state index is 0.163. The summed E-state index contributed by atoms with van der Waals surface area (Å²) in [6.45, 7) is 0. The van der Waals surface area contributed by atoms with Gasteiger partial charge in [0.25, 0.3) is 0 Å². The summed E-state index contributed by atoms with van der Waals surface area (Å²) in [7, 11) is 3.16. The number of hydrogen-bond acceptors (Lipinski definition) is 6. The summed E-state index contributed by atoms with van der Waals surface area (Å²) in [5.41, 5.74) is 6.56. The standard InChI is InChI=1S/C13H15N3O3/c1-18-10-4-3-8(5-11(10)19-2)6-12-15-7-9(14)13(17)16-12/h3-5,7H,6,14H2,1-2H3,(H,15,16,17). The summed E-state index contributed by atoms with van der Waals surface area (Å²) < 4.78 is 10.4. The number of nitrogen functional groups attached to an aromatic ring is 1. The molecule has 0 amide bonds. The van der Waals surface area contributed by atoms with Crippen molar-refractivity contribution in [1.82, 2.24) is 9.97 Å². The molecular weight excluding hydrogens is 246 g/mol.